The van der Waals surface area contributed by atoms with Crippen molar-refractivity contribution in [2.45, 2.75) is 36.8 Å². The van der Waals surface area contributed by atoms with Gasteiger partial charge in [0.05, 0.1) is 19.3 Å². The molecule has 1 rings (SSSR count). The second kappa shape index (κ2) is 6.41. The molecule has 1 heterocycles. The van der Waals surface area contributed by atoms with Gasteiger partial charge in [-0.2, -0.15) is 0 Å². The molecule has 5 N–H and O–H groups in total. The van der Waals surface area contributed by atoms with Crippen LogP contribution >= 0.6 is 0 Å². The van der Waals surface area contributed by atoms with Gasteiger partial charge in [0.1, 0.15) is 24.4 Å². The average Bonchev–Trinajstić information content (AvgIpc) is 2.34. The molecular formula is C10H18O7. The summed E-state index contributed by atoms with van der Waals surface area (Å²) in [6.45, 7) is 2.65. The molecule has 7 nitrogen and oxygen atoms in total. The molecule has 0 aliphatic carbocycles. The first-order chi connectivity index (χ1) is 8.01. The summed E-state index contributed by atoms with van der Waals surface area (Å²) in [4.78, 5) is 0. The summed E-state index contributed by atoms with van der Waals surface area (Å²) < 4.78 is 10.1. The van der Waals surface area contributed by atoms with E-state index < -0.39 is 43.4 Å². The van der Waals surface area contributed by atoms with Gasteiger partial charge in [0, 0.05) is 0 Å². The van der Waals surface area contributed by atoms with Crippen LogP contribution in [0.15, 0.2) is 12.7 Å². The lowest BCUT2D eigenvalue weighted by Gasteiger charge is -2.39. The molecule has 6 atom stereocenters. The Morgan fingerprint density at radius 1 is 1.24 bits per heavy atom. The van der Waals surface area contributed by atoms with Crippen molar-refractivity contribution in [1.29, 1.82) is 0 Å². The number of hydrogen-bond acceptors (Lipinski definition) is 7. The molecule has 0 aromatic rings. The van der Waals surface area contributed by atoms with E-state index in [1.807, 2.05) is 0 Å². The largest absolute Gasteiger partial charge is 0.394 e. The van der Waals surface area contributed by atoms with Crippen molar-refractivity contribution in [3.05, 3.63) is 12.7 Å². The zero-order chi connectivity index (χ0) is 13.0. The number of ether oxygens (including phenoxy) is 2. The van der Waals surface area contributed by atoms with E-state index >= 15 is 0 Å². The van der Waals surface area contributed by atoms with E-state index in [1.54, 1.807) is 0 Å². The van der Waals surface area contributed by atoms with Crippen LogP contribution in [-0.2, 0) is 9.47 Å². The lowest BCUT2D eigenvalue weighted by atomic mass is 9.99. The Bertz CT molecular complexity index is 245. The van der Waals surface area contributed by atoms with E-state index in [9.17, 15) is 20.4 Å². The van der Waals surface area contributed by atoms with Gasteiger partial charge in [-0.05, 0) is 0 Å². The Balaban J connectivity index is 2.56. The number of hydrogen-bond donors (Lipinski definition) is 5. The van der Waals surface area contributed by atoms with E-state index in [4.69, 9.17) is 14.6 Å². The first-order valence-electron chi connectivity index (χ1n) is 5.24. The van der Waals surface area contributed by atoms with Gasteiger partial charge in [-0.15, -0.1) is 6.58 Å². The highest BCUT2D eigenvalue weighted by Gasteiger charge is 2.44. The SMILES string of the molecule is C=CC(O)COC1OC(CO)C(O)C(O)C1O. The van der Waals surface area contributed by atoms with Crippen LogP contribution in [0.1, 0.15) is 0 Å². The van der Waals surface area contributed by atoms with Crippen molar-refractivity contribution >= 4 is 0 Å². The lowest BCUT2D eigenvalue weighted by molar-refractivity contribution is -0.303. The Kier molecular flexibility index (Phi) is 5.47. The molecule has 0 aromatic heterocycles. The Morgan fingerprint density at radius 2 is 1.88 bits per heavy atom. The van der Waals surface area contributed by atoms with Gasteiger partial charge in [0.15, 0.2) is 6.29 Å². The van der Waals surface area contributed by atoms with Gasteiger partial charge in [0.2, 0.25) is 0 Å². The summed E-state index contributed by atoms with van der Waals surface area (Å²) in [5.74, 6) is 0. The van der Waals surface area contributed by atoms with Crippen molar-refractivity contribution in [3.63, 3.8) is 0 Å². The molecule has 1 aliphatic rings. The summed E-state index contributed by atoms with van der Waals surface area (Å²) in [5, 5.41) is 46.6. The first-order valence-corrected chi connectivity index (χ1v) is 5.24. The molecule has 17 heavy (non-hydrogen) atoms. The average molecular weight is 250 g/mol. The highest BCUT2D eigenvalue weighted by Crippen LogP contribution is 2.21. The fourth-order valence-electron chi connectivity index (χ4n) is 1.47. The molecule has 0 aromatic carbocycles. The molecule has 1 fully saturated rings. The van der Waals surface area contributed by atoms with Crippen LogP contribution in [-0.4, -0.2) is 75.6 Å². The molecule has 100 valence electrons. The molecule has 0 bridgehead atoms. The van der Waals surface area contributed by atoms with E-state index in [2.05, 4.69) is 6.58 Å². The Morgan fingerprint density at radius 3 is 2.41 bits per heavy atom. The topological polar surface area (TPSA) is 120 Å². The van der Waals surface area contributed by atoms with Crippen molar-refractivity contribution in [1.82, 2.24) is 0 Å². The molecule has 7 heteroatoms. The third kappa shape index (κ3) is 3.46. The second-order valence-corrected chi connectivity index (χ2v) is 3.83. The lowest BCUT2D eigenvalue weighted by Crippen LogP contribution is -2.59. The summed E-state index contributed by atoms with van der Waals surface area (Å²) >= 11 is 0. The number of aliphatic hydroxyl groups excluding tert-OH is 5. The fraction of sp³-hybridized carbons (Fsp3) is 0.800. The molecular weight excluding hydrogens is 232 g/mol. The molecule has 0 spiro atoms. The fourth-order valence-corrected chi connectivity index (χ4v) is 1.47. The van der Waals surface area contributed by atoms with Crippen LogP contribution in [0.5, 0.6) is 0 Å². The van der Waals surface area contributed by atoms with Crippen molar-refractivity contribution < 1.29 is 35.0 Å². The summed E-state index contributed by atoms with van der Waals surface area (Å²) in [6, 6.07) is 0. The number of aliphatic hydroxyl groups is 5. The molecule has 6 unspecified atom stereocenters. The number of rotatable bonds is 5. The van der Waals surface area contributed by atoms with Crippen molar-refractivity contribution in [2.75, 3.05) is 13.2 Å². The minimum atomic E-state index is -1.48. The maximum absolute atomic E-state index is 9.56. The Hall–Kier alpha value is -0.540. The summed E-state index contributed by atoms with van der Waals surface area (Å²) in [5.41, 5.74) is 0. The predicted molar refractivity (Wildman–Crippen MR) is 55.9 cm³/mol. The van der Waals surface area contributed by atoms with Gasteiger partial charge in [-0.3, -0.25) is 0 Å². The van der Waals surface area contributed by atoms with Crippen LogP contribution in [0.25, 0.3) is 0 Å². The minimum Gasteiger partial charge on any atom is -0.394 e. The molecule has 0 saturated carbocycles. The smallest absolute Gasteiger partial charge is 0.186 e. The first kappa shape index (κ1) is 14.5. The summed E-state index contributed by atoms with van der Waals surface area (Å²) in [7, 11) is 0. The minimum absolute atomic E-state index is 0.174. The standard InChI is InChI=1S/C10H18O7/c1-2-5(12)4-16-10-9(15)8(14)7(13)6(3-11)17-10/h2,5-15H,1,3-4H2. The molecule has 1 aliphatic heterocycles. The van der Waals surface area contributed by atoms with Crippen LogP contribution in [0.3, 0.4) is 0 Å². The van der Waals surface area contributed by atoms with Crippen LogP contribution in [0.4, 0.5) is 0 Å². The Labute approximate surface area is 98.5 Å². The van der Waals surface area contributed by atoms with Gasteiger partial charge in [-0.25, -0.2) is 0 Å². The van der Waals surface area contributed by atoms with Gasteiger partial charge in [0.25, 0.3) is 0 Å². The van der Waals surface area contributed by atoms with E-state index in [-0.39, 0.29) is 6.61 Å². The third-order valence-electron chi connectivity index (χ3n) is 2.55. The van der Waals surface area contributed by atoms with Crippen molar-refractivity contribution in [3.8, 4) is 0 Å². The van der Waals surface area contributed by atoms with E-state index in [0.717, 1.165) is 0 Å². The van der Waals surface area contributed by atoms with Gasteiger partial charge in [-0.1, -0.05) is 6.08 Å². The maximum atomic E-state index is 9.56. The quantitative estimate of drug-likeness (QED) is 0.338. The van der Waals surface area contributed by atoms with Gasteiger partial charge >= 0.3 is 0 Å². The molecule has 0 radical (unpaired) electrons. The van der Waals surface area contributed by atoms with E-state index in [0.29, 0.717) is 0 Å². The van der Waals surface area contributed by atoms with Crippen molar-refractivity contribution in [2.24, 2.45) is 0 Å². The normalized spacial score (nSPS) is 39.9. The van der Waals surface area contributed by atoms with E-state index in [1.165, 1.54) is 6.08 Å². The maximum Gasteiger partial charge on any atom is 0.186 e. The monoisotopic (exact) mass is 250 g/mol. The molecule has 1 saturated heterocycles. The third-order valence-corrected chi connectivity index (χ3v) is 2.55. The zero-order valence-electron chi connectivity index (χ0n) is 9.22. The van der Waals surface area contributed by atoms with Crippen LogP contribution in [0.2, 0.25) is 0 Å². The predicted octanol–water partition coefficient (Wildman–Crippen LogP) is -2.65. The second-order valence-electron chi connectivity index (χ2n) is 3.83. The highest BCUT2D eigenvalue weighted by atomic mass is 16.7. The molecule has 0 amide bonds. The van der Waals surface area contributed by atoms with Crippen LogP contribution < -0.4 is 0 Å². The van der Waals surface area contributed by atoms with Gasteiger partial charge < -0.3 is 35.0 Å². The zero-order valence-corrected chi connectivity index (χ0v) is 9.22. The summed E-state index contributed by atoms with van der Waals surface area (Å²) in [6.07, 6.45) is -6.28. The highest BCUT2D eigenvalue weighted by molar-refractivity contribution is 4.89. The van der Waals surface area contributed by atoms with Crippen LogP contribution in [0, 0.1) is 0 Å².